The molecule has 2 atom stereocenters. The van der Waals surface area contributed by atoms with E-state index in [4.69, 9.17) is 9.26 Å². The molecule has 28 heavy (non-hydrogen) atoms. The van der Waals surface area contributed by atoms with E-state index in [0.717, 1.165) is 48.9 Å². The normalized spacial score (nSPS) is 24.6. The van der Waals surface area contributed by atoms with Gasteiger partial charge in [0.2, 0.25) is 5.91 Å². The topological polar surface area (TPSA) is 98.3 Å². The van der Waals surface area contributed by atoms with Gasteiger partial charge < -0.3 is 19.1 Å². The van der Waals surface area contributed by atoms with Crippen molar-refractivity contribution < 1.29 is 14.1 Å². The van der Waals surface area contributed by atoms with Gasteiger partial charge in [-0.15, -0.1) is 10.2 Å². The van der Waals surface area contributed by atoms with E-state index in [1.54, 1.807) is 6.33 Å². The predicted molar refractivity (Wildman–Crippen MR) is 100 cm³/mol. The molecule has 0 saturated carbocycles. The van der Waals surface area contributed by atoms with Gasteiger partial charge in [-0.05, 0) is 20.3 Å². The summed E-state index contributed by atoms with van der Waals surface area (Å²) in [5.74, 6) is 1.87. The average molecular weight is 388 g/mol. The van der Waals surface area contributed by atoms with Crippen LogP contribution >= 0.6 is 0 Å². The van der Waals surface area contributed by atoms with Gasteiger partial charge in [0.1, 0.15) is 12.1 Å². The Bertz CT molecular complexity index is 827. The number of carbonyl (C=O) groups is 1. The molecule has 0 radical (unpaired) electrons. The number of aromatic nitrogens is 4. The fourth-order valence-electron chi connectivity index (χ4n) is 4.41. The molecule has 2 aromatic rings. The lowest BCUT2D eigenvalue weighted by atomic mass is 9.80. The van der Waals surface area contributed by atoms with Crippen molar-refractivity contribution in [2.24, 2.45) is 11.3 Å². The van der Waals surface area contributed by atoms with E-state index >= 15 is 0 Å². The third-order valence-electron chi connectivity index (χ3n) is 6.03. The first-order chi connectivity index (χ1) is 13.5. The van der Waals surface area contributed by atoms with Crippen LogP contribution in [-0.4, -0.2) is 57.0 Å². The van der Waals surface area contributed by atoms with Gasteiger partial charge in [0, 0.05) is 37.7 Å². The summed E-state index contributed by atoms with van der Waals surface area (Å²) in [7, 11) is 0. The van der Waals surface area contributed by atoms with Crippen LogP contribution in [0, 0.1) is 25.2 Å². The summed E-state index contributed by atoms with van der Waals surface area (Å²) in [6.07, 6.45) is 2.71. The number of fused-ring (bicyclic) bond motifs is 1. The van der Waals surface area contributed by atoms with Gasteiger partial charge in [-0.1, -0.05) is 12.1 Å². The third-order valence-corrected chi connectivity index (χ3v) is 6.03. The van der Waals surface area contributed by atoms with Crippen molar-refractivity contribution in [2.75, 3.05) is 26.3 Å². The second kappa shape index (κ2) is 7.63. The van der Waals surface area contributed by atoms with Crippen LogP contribution in [0.25, 0.3) is 0 Å². The molecule has 9 heteroatoms. The van der Waals surface area contributed by atoms with Crippen LogP contribution in [0.5, 0.6) is 0 Å². The van der Waals surface area contributed by atoms with Crippen molar-refractivity contribution in [1.29, 1.82) is 0 Å². The molecule has 9 nitrogen and oxygen atoms in total. The first-order valence-electron chi connectivity index (χ1n) is 9.90. The summed E-state index contributed by atoms with van der Waals surface area (Å²) >= 11 is 0. The van der Waals surface area contributed by atoms with Crippen molar-refractivity contribution >= 4 is 5.91 Å². The van der Waals surface area contributed by atoms with Gasteiger partial charge in [0.25, 0.3) is 0 Å². The maximum atomic E-state index is 13.2. The number of nitrogens with one attached hydrogen (secondary N) is 1. The lowest BCUT2D eigenvalue weighted by molar-refractivity contribution is -0.131. The molecule has 2 aliphatic heterocycles. The Hall–Kier alpha value is -2.26. The molecular weight excluding hydrogens is 360 g/mol. The maximum absolute atomic E-state index is 13.2. The summed E-state index contributed by atoms with van der Waals surface area (Å²) in [6, 6.07) is 0. The molecule has 152 valence electrons. The van der Waals surface area contributed by atoms with Crippen LogP contribution in [0.3, 0.4) is 0 Å². The highest BCUT2D eigenvalue weighted by atomic mass is 16.5. The quantitative estimate of drug-likeness (QED) is 0.757. The predicted octanol–water partition coefficient (Wildman–Crippen LogP) is 1.06. The Balaban J connectivity index is 1.43. The largest absolute Gasteiger partial charge is 0.380 e. The fourth-order valence-corrected chi connectivity index (χ4v) is 4.41. The molecule has 2 aromatic heterocycles. The minimum atomic E-state index is -0.505. The van der Waals surface area contributed by atoms with Gasteiger partial charge in [0.15, 0.2) is 5.82 Å². The minimum absolute atomic E-state index is 0.0438. The van der Waals surface area contributed by atoms with E-state index in [-0.39, 0.29) is 11.8 Å². The number of rotatable bonds is 7. The summed E-state index contributed by atoms with van der Waals surface area (Å²) in [6.45, 7) is 10.6. The molecule has 0 spiro atoms. The van der Waals surface area contributed by atoms with Gasteiger partial charge in [-0.25, -0.2) is 0 Å². The number of carbonyl (C=O) groups excluding carboxylic acids is 1. The monoisotopic (exact) mass is 388 g/mol. The molecule has 2 aliphatic rings. The van der Waals surface area contributed by atoms with Crippen LogP contribution in [0.1, 0.15) is 36.2 Å². The van der Waals surface area contributed by atoms with Gasteiger partial charge in [0.05, 0.1) is 30.9 Å². The molecule has 1 N–H and O–H groups in total. The molecule has 0 aromatic carbocycles. The highest BCUT2D eigenvalue weighted by Gasteiger charge is 2.55. The number of likely N-dealkylation sites (tertiary alicyclic amines) is 1. The maximum Gasteiger partial charge on any atom is 0.230 e. The highest BCUT2D eigenvalue weighted by molar-refractivity contribution is 5.84. The van der Waals surface area contributed by atoms with Crippen LogP contribution in [0.2, 0.25) is 0 Å². The van der Waals surface area contributed by atoms with Gasteiger partial charge in [-0.3, -0.25) is 9.69 Å². The van der Waals surface area contributed by atoms with E-state index in [1.807, 2.05) is 18.4 Å². The fraction of sp³-hybridized carbons (Fsp3) is 0.684. The first-order valence-corrected chi connectivity index (χ1v) is 9.90. The van der Waals surface area contributed by atoms with E-state index in [9.17, 15) is 4.79 Å². The zero-order valence-corrected chi connectivity index (χ0v) is 16.8. The molecule has 0 unspecified atom stereocenters. The Morgan fingerprint density at radius 1 is 1.43 bits per heavy atom. The Morgan fingerprint density at radius 3 is 3.04 bits per heavy atom. The molecular formula is C19H28N6O3. The van der Waals surface area contributed by atoms with E-state index in [1.165, 1.54) is 0 Å². The molecule has 0 bridgehead atoms. The lowest BCUT2D eigenvalue weighted by Crippen LogP contribution is -2.46. The zero-order valence-electron chi connectivity index (χ0n) is 16.8. The molecule has 2 saturated heterocycles. The van der Waals surface area contributed by atoms with Crippen molar-refractivity contribution in [1.82, 2.24) is 30.1 Å². The number of amides is 1. The number of hydrogen-bond donors (Lipinski definition) is 1. The van der Waals surface area contributed by atoms with Crippen molar-refractivity contribution in [3.8, 4) is 0 Å². The lowest BCUT2D eigenvalue weighted by Gasteiger charge is -2.26. The first kappa shape index (κ1) is 19.1. The number of nitrogens with zero attached hydrogens (tertiary/aromatic N) is 5. The summed E-state index contributed by atoms with van der Waals surface area (Å²) in [5.41, 5.74) is 1.53. The van der Waals surface area contributed by atoms with E-state index in [0.29, 0.717) is 26.3 Å². The minimum Gasteiger partial charge on any atom is -0.380 e. The van der Waals surface area contributed by atoms with Crippen molar-refractivity contribution in [2.45, 2.75) is 46.8 Å². The van der Waals surface area contributed by atoms with E-state index < -0.39 is 5.41 Å². The molecule has 0 aliphatic carbocycles. The standard InChI is InChI=1S/C19H28N6O3/c1-4-5-25-12-21-22-17(25)6-20-18(26)19-10-24(7-15(19)9-27-11-19)8-16-13(2)23-28-14(16)3/h12,15H,4-11H2,1-3H3,(H,20,26)/t15-,19-/m1/s1. The van der Waals surface area contributed by atoms with Gasteiger partial charge in [-0.2, -0.15) is 0 Å². The molecule has 2 fully saturated rings. The Kier molecular flexibility index (Phi) is 5.20. The summed E-state index contributed by atoms with van der Waals surface area (Å²) in [5, 5.41) is 15.2. The van der Waals surface area contributed by atoms with Gasteiger partial charge >= 0.3 is 0 Å². The second-order valence-electron chi connectivity index (χ2n) is 7.96. The van der Waals surface area contributed by atoms with E-state index in [2.05, 4.69) is 32.5 Å². The summed E-state index contributed by atoms with van der Waals surface area (Å²) in [4.78, 5) is 15.5. The van der Waals surface area contributed by atoms with Crippen molar-refractivity contribution in [3.63, 3.8) is 0 Å². The number of aryl methyl sites for hydroxylation is 3. The average Bonchev–Trinajstić information content (AvgIpc) is 3.41. The van der Waals surface area contributed by atoms with Crippen LogP contribution in [0.15, 0.2) is 10.9 Å². The Labute approximate surface area is 164 Å². The molecule has 4 heterocycles. The van der Waals surface area contributed by atoms with Crippen LogP contribution < -0.4 is 5.32 Å². The van der Waals surface area contributed by atoms with Crippen LogP contribution in [0.4, 0.5) is 0 Å². The zero-order chi connectivity index (χ0) is 19.7. The SMILES string of the molecule is CCCn1cnnc1CNC(=O)[C@]12COC[C@H]1CN(Cc1c(C)noc1C)C2. The molecule has 1 amide bonds. The second-order valence-corrected chi connectivity index (χ2v) is 7.96. The smallest absolute Gasteiger partial charge is 0.230 e. The molecule has 4 rings (SSSR count). The number of hydrogen-bond acceptors (Lipinski definition) is 7. The number of ether oxygens (including phenoxy) is 1. The summed E-state index contributed by atoms with van der Waals surface area (Å²) < 4.78 is 13.0. The van der Waals surface area contributed by atoms with Crippen molar-refractivity contribution in [3.05, 3.63) is 29.2 Å². The third kappa shape index (κ3) is 3.33. The van der Waals surface area contributed by atoms with Crippen LogP contribution in [-0.2, 0) is 29.2 Å². The highest BCUT2D eigenvalue weighted by Crippen LogP contribution is 2.42. The Morgan fingerprint density at radius 2 is 2.29 bits per heavy atom.